The van der Waals surface area contributed by atoms with Crippen LogP contribution in [0.15, 0.2) is 18.2 Å². The average Bonchev–Trinajstić information content (AvgIpc) is 2.81. The van der Waals surface area contributed by atoms with Crippen LogP contribution in [-0.4, -0.2) is 61.1 Å². The van der Waals surface area contributed by atoms with Gasteiger partial charge in [0.2, 0.25) is 0 Å². The fourth-order valence-electron chi connectivity index (χ4n) is 3.42. The molecule has 1 aromatic rings. The van der Waals surface area contributed by atoms with Gasteiger partial charge in [0, 0.05) is 42.4 Å². The third-order valence-electron chi connectivity index (χ3n) is 5.77. The fourth-order valence-corrected chi connectivity index (χ4v) is 3.58. The minimum Gasteiger partial charge on any atom is -0.444 e. The third kappa shape index (κ3) is 4.84. The molecule has 0 aliphatic carbocycles. The number of hydrogen-bond donors (Lipinski definition) is 0. The predicted molar refractivity (Wildman–Crippen MR) is 117 cm³/mol. The van der Waals surface area contributed by atoms with E-state index < -0.39 is 23.9 Å². The number of ether oxygens (including phenoxy) is 1. The first-order valence-electron chi connectivity index (χ1n) is 10.2. The number of nitrogens with zero attached hydrogens (tertiary/aromatic N) is 2. The van der Waals surface area contributed by atoms with Crippen molar-refractivity contribution in [2.75, 3.05) is 31.1 Å². The van der Waals surface area contributed by atoms with Gasteiger partial charge in [-0.15, -0.1) is 0 Å². The summed E-state index contributed by atoms with van der Waals surface area (Å²) < 4.78 is 18.0. The Kier molecular flexibility index (Phi) is 5.89. The number of rotatable bonds is 2. The molecule has 160 valence electrons. The number of halogens is 1. The van der Waals surface area contributed by atoms with Crippen LogP contribution in [0.3, 0.4) is 0 Å². The van der Waals surface area contributed by atoms with E-state index in [2.05, 4.69) is 4.90 Å². The van der Waals surface area contributed by atoms with E-state index in [1.165, 1.54) is 0 Å². The molecule has 3 rings (SSSR count). The Labute approximate surface area is 179 Å². The predicted octanol–water partition coefficient (Wildman–Crippen LogP) is 3.70. The van der Waals surface area contributed by atoms with Gasteiger partial charge in [-0.1, -0.05) is 17.7 Å². The molecule has 2 saturated heterocycles. The lowest BCUT2D eigenvalue weighted by Crippen LogP contribution is -2.52. The summed E-state index contributed by atoms with van der Waals surface area (Å²) in [4.78, 5) is 16.3. The standard InChI is InChI=1S/C21H32BClN2O4/c1-19(2,3)27-18(26)25-12-10-24(11-13-25)17-14-15(23)8-9-16(17)22-28-20(4,5)21(6,7)29-22/h8-9,14H,10-13H2,1-7H3. The molecule has 0 unspecified atom stereocenters. The molecule has 0 spiro atoms. The van der Waals surface area contributed by atoms with Crippen LogP contribution in [-0.2, 0) is 14.0 Å². The van der Waals surface area contributed by atoms with E-state index in [9.17, 15) is 4.79 Å². The zero-order chi connectivity index (χ0) is 21.6. The molecular weight excluding hydrogens is 391 g/mol. The summed E-state index contributed by atoms with van der Waals surface area (Å²) in [5.74, 6) is 0. The van der Waals surface area contributed by atoms with Crippen molar-refractivity contribution in [3.8, 4) is 0 Å². The second kappa shape index (κ2) is 7.67. The molecule has 0 atom stereocenters. The van der Waals surface area contributed by atoms with Crippen molar-refractivity contribution in [2.45, 2.75) is 65.3 Å². The number of carbonyl (C=O) groups is 1. The Morgan fingerprint density at radius 3 is 2.14 bits per heavy atom. The lowest BCUT2D eigenvalue weighted by Gasteiger charge is -2.37. The maximum Gasteiger partial charge on any atom is 0.496 e. The Morgan fingerprint density at radius 1 is 1.07 bits per heavy atom. The lowest BCUT2D eigenvalue weighted by atomic mass is 9.77. The van der Waals surface area contributed by atoms with Crippen LogP contribution in [0.4, 0.5) is 10.5 Å². The first kappa shape index (κ1) is 22.3. The Bertz CT molecular complexity index is 754. The van der Waals surface area contributed by atoms with Gasteiger partial charge in [0.15, 0.2) is 0 Å². The van der Waals surface area contributed by atoms with E-state index in [0.717, 1.165) is 11.2 Å². The molecule has 0 saturated carbocycles. The summed E-state index contributed by atoms with van der Waals surface area (Å²) in [6.07, 6.45) is -0.269. The highest BCUT2D eigenvalue weighted by Gasteiger charge is 2.52. The second-order valence-electron chi connectivity index (χ2n) is 9.75. The van der Waals surface area contributed by atoms with Gasteiger partial charge in [0.1, 0.15) is 5.60 Å². The maximum atomic E-state index is 12.4. The van der Waals surface area contributed by atoms with Crippen LogP contribution < -0.4 is 10.4 Å². The number of anilines is 1. The molecule has 2 aliphatic rings. The summed E-state index contributed by atoms with van der Waals surface area (Å²) in [5, 5.41) is 0.662. The number of hydrogen-bond acceptors (Lipinski definition) is 5. The third-order valence-corrected chi connectivity index (χ3v) is 6.01. The highest BCUT2D eigenvalue weighted by Crippen LogP contribution is 2.37. The molecule has 1 aromatic carbocycles. The van der Waals surface area contributed by atoms with Gasteiger partial charge in [0.05, 0.1) is 11.2 Å². The monoisotopic (exact) mass is 422 g/mol. The number of amides is 1. The van der Waals surface area contributed by atoms with Crippen LogP contribution in [0, 0.1) is 0 Å². The van der Waals surface area contributed by atoms with Crippen LogP contribution in [0.2, 0.25) is 5.02 Å². The molecule has 2 fully saturated rings. The number of piperazine rings is 1. The van der Waals surface area contributed by atoms with E-state index in [1.807, 2.05) is 66.7 Å². The molecule has 8 heteroatoms. The Balaban J connectivity index is 1.76. The van der Waals surface area contributed by atoms with Crippen LogP contribution in [0.25, 0.3) is 0 Å². The Morgan fingerprint density at radius 2 is 1.62 bits per heavy atom. The highest BCUT2D eigenvalue weighted by molar-refractivity contribution is 6.64. The van der Waals surface area contributed by atoms with Crippen molar-refractivity contribution >= 4 is 36.0 Å². The summed E-state index contributed by atoms with van der Waals surface area (Å²) in [5.41, 5.74) is 0.623. The number of carbonyl (C=O) groups excluding carboxylic acids is 1. The van der Waals surface area contributed by atoms with Gasteiger partial charge in [-0.2, -0.15) is 0 Å². The molecule has 0 bridgehead atoms. The average molecular weight is 423 g/mol. The zero-order valence-electron chi connectivity index (χ0n) is 18.5. The number of benzene rings is 1. The summed E-state index contributed by atoms with van der Waals surface area (Å²) >= 11 is 6.31. The minimum absolute atomic E-state index is 0.269. The van der Waals surface area contributed by atoms with Crippen LogP contribution in [0.1, 0.15) is 48.5 Å². The topological polar surface area (TPSA) is 51.2 Å². The first-order valence-corrected chi connectivity index (χ1v) is 10.5. The lowest BCUT2D eigenvalue weighted by molar-refractivity contribution is 0.00578. The molecule has 1 amide bonds. The second-order valence-corrected chi connectivity index (χ2v) is 10.2. The zero-order valence-corrected chi connectivity index (χ0v) is 19.3. The molecule has 0 radical (unpaired) electrons. The molecule has 29 heavy (non-hydrogen) atoms. The summed E-state index contributed by atoms with van der Waals surface area (Å²) in [7, 11) is -0.462. The summed E-state index contributed by atoms with van der Waals surface area (Å²) in [6.45, 7) is 16.4. The van der Waals surface area contributed by atoms with Crippen molar-refractivity contribution in [1.29, 1.82) is 0 Å². The first-order chi connectivity index (χ1) is 13.3. The molecule has 0 N–H and O–H groups in total. The molecular formula is C21H32BClN2O4. The molecule has 2 heterocycles. The molecule has 6 nitrogen and oxygen atoms in total. The van der Waals surface area contributed by atoms with Crippen LogP contribution in [0.5, 0.6) is 0 Å². The van der Waals surface area contributed by atoms with E-state index in [1.54, 1.807) is 4.90 Å². The van der Waals surface area contributed by atoms with E-state index in [-0.39, 0.29) is 6.09 Å². The SMILES string of the molecule is CC(C)(C)OC(=O)N1CCN(c2cc(Cl)ccc2B2OC(C)(C)C(C)(C)O2)CC1. The van der Waals surface area contributed by atoms with Crippen LogP contribution >= 0.6 is 11.6 Å². The van der Waals surface area contributed by atoms with Gasteiger partial charge in [0.25, 0.3) is 0 Å². The van der Waals surface area contributed by atoms with Crippen molar-refractivity contribution < 1.29 is 18.8 Å². The van der Waals surface area contributed by atoms with Gasteiger partial charge < -0.3 is 23.8 Å². The van der Waals surface area contributed by atoms with Crippen molar-refractivity contribution in [3.05, 3.63) is 23.2 Å². The van der Waals surface area contributed by atoms with Crippen molar-refractivity contribution in [2.24, 2.45) is 0 Å². The Hall–Kier alpha value is -1.44. The molecule has 0 aromatic heterocycles. The normalized spacial score (nSPS) is 21.4. The van der Waals surface area contributed by atoms with Gasteiger partial charge in [-0.05, 0) is 60.6 Å². The largest absolute Gasteiger partial charge is 0.496 e. The van der Waals surface area contributed by atoms with E-state index in [4.69, 9.17) is 25.6 Å². The van der Waals surface area contributed by atoms with E-state index in [0.29, 0.717) is 31.2 Å². The highest BCUT2D eigenvalue weighted by atomic mass is 35.5. The van der Waals surface area contributed by atoms with Crippen molar-refractivity contribution in [3.63, 3.8) is 0 Å². The van der Waals surface area contributed by atoms with E-state index >= 15 is 0 Å². The fraction of sp³-hybridized carbons (Fsp3) is 0.667. The molecule has 2 aliphatic heterocycles. The van der Waals surface area contributed by atoms with Gasteiger partial charge >= 0.3 is 13.2 Å². The van der Waals surface area contributed by atoms with Gasteiger partial charge in [-0.25, -0.2) is 4.79 Å². The quantitative estimate of drug-likeness (QED) is 0.680. The smallest absolute Gasteiger partial charge is 0.444 e. The maximum absolute atomic E-state index is 12.4. The van der Waals surface area contributed by atoms with Crippen molar-refractivity contribution in [1.82, 2.24) is 4.90 Å². The van der Waals surface area contributed by atoms with Gasteiger partial charge in [-0.3, -0.25) is 0 Å². The summed E-state index contributed by atoms with van der Waals surface area (Å²) in [6, 6.07) is 5.79. The minimum atomic E-state index is -0.495.